The molecule has 62 valence electrons. The quantitative estimate of drug-likeness (QED) is 0.579. The van der Waals surface area contributed by atoms with E-state index in [1.807, 2.05) is 32.0 Å². The van der Waals surface area contributed by atoms with Crippen LogP contribution in [0.4, 0.5) is 5.82 Å². The van der Waals surface area contributed by atoms with Crippen LogP contribution >= 0.6 is 0 Å². The zero-order chi connectivity index (χ0) is 9.14. The van der Waals surface area contributed by atoms with Crippen LogP contribution in [0.25, 0.3) is 0 Å². The standard InChI is InChI=1S/C8H11BN2O/c1-6-7(9-12)4-5-8(10-6)11(2)3/h4-5H,1-3H3. The second-order valence-electron chi connectivity index (χ2n) is 2.86. The van der Waals surface area contributed by atoms with Crippen LogP contribution < -0.4 is 10.4 Å². The summed E-state index contributed by atoms with van der Waals surface area (Å²) in [6.45, 7) is 1.83. The van der Waals surface area contributed by atoms with Gasteiger partial charge in [0.05, 0.1) is 0 Å². The molecular weight excluding hydrogens is 151 g/mol. The number of aromatic nitrogens is 1. The van der Waals surface area contributed by atoms with Gasteiger partial charge in [0.15, 0.2) is 0 Å². The second kappa shape index (κ2) is 3.47. The molecule has 0 aliphatic carbocycles. The Hall–Kier alpha value is -1.19. The average Bonchev–Trinajstić information content (AvgIpc) is 2.04. The van der Waals surface area contributed by atoms with Crippen molar-refractivity contribution in [3.8, 4) is 0 Å². The molecule has 1 aromatic rings. The Morgan fingerprint density at radius 3 is 2.50 bits per heavy atom. The second-order valence-corrected chi connectivity index (χ2v) is 2.86. The van der Waals surface area contributed by atoms with E-state index in [1.165, 1.54) is 0 Å². The summed E-state index contributed by atoms with van der Waals surface area (Å²) in [7, 11) is 4.66. The molecule has 1 rings (SSSR count). The summed E-state index contributed by atoms with van der Waals surface area (Å²) in [5.74, 6) is 0.873. The van der Waals surface area contributed by atoms with Gasteiger partial charge in [-0.1, -0.05) is 0 Å². The van der Waals surface area contributed by atoms with E-state index in [4.69, 9.17) is 0 Å². The Labute approximate surface area is 72.7 Å². The summed E-state index contributed by atoms with van der Waals surface area (Å²) < 4.78 is 10.5. The number of rotatable bonds is 2. The molecule has 0 bridgehead atoms. The van der Waals surface area contributed by atoms with E-state index in [9.17, 15) is 4.70 Å². The van der Waals surface area contributed by atoms with Crippen molar-refractivity contribution >= 4 is 18.4 Å². The zero-order valence-electron chi connectivity index (χ0n) is 7.53. The molecule has 0 aliphatic heterocycles. The van der Waals surface area contributed by atoms with E-state index in [2.05, 4.69) is 4.98 Å². The fraction of sp³-hybridized carbons (Fsp3) is 0.375. The zero-order valence-corrected chi connectivity index (χ0v) is 7.53. The average molecular weight is 162 g/mol. The summed E-state index contributed by atoms with van der Waals surface area (Å²) >= 11 is 0. The van der Waals surface area contributed by atoms with Crippen LogP contribution in [-0.2, 0) is 4.70 Å². The fourth-order valence-electron chi connectivity index (χ4n) is 0.932. The molecule has 0 saturated heterocycles. The van der Waals surface area contributed by atoms with Crippen molar-refractivity contribution in [1.82, 2.24) is 4.98 Å². The molecule has 1 aromatic heterocycles. The molecule has 0 radical (unpaired) electrons. The Kier molecular flexibility index (Phi) is 2.58. The Bertz CT molecular complexity index is 299. The van der Waals surface area contributed by atoms with Crippen LogP contribution in [0.3, 0.4) is 0 Å². The van der Waals surface area contributed by atoms with Crippen molar-refractivity contribution in [1.29, 1.82) is 0 Å². The van der Waals surface area contributed by atoms with Gasteiger partial charge in [-0.05, 0) is 0 Å². The third kappa shape index (κ3) is 1.70. The van der Waals surface area contributed by atoms with Crippen molar-refractivity contribution in [3.63, 3.8) is 0 Å². The molecule has 0 unspecified atom stereocenters. The molecule has 0 aromatic carbocycles. The van der Waals surface area contributed by atoms with Crippen molar-refractivity contribution in [2.75, 3.05) is 19.0 Å². The van der Waals surface area contributed by atoms with E-state index >= 15 is 0 Å². The van der Waals surface area contributed by atoms with Gasteiger partial charge in [0.1, 0.15) is 0 Å². The molecule has 0 N–H and O–H groups in total. The van der Waals surface area contributed by atoms with Crippen LogP contribution in [0.15, 0.2) is 12.1 Å². The van der Waals surface area contributed by atoms with Crippen molar-refractivity contribution in [3.05, 3.63) is 17.8 Å². The van der Waals surface area contributed by atoms with E-state index in [-0.39, 0.29) is 0 Å². The topological polar surface area (TPSA) is 33.2 Å². The van der Waals surface area contributed by atoms with Gasteiger partial charge >= 0.3 is 71.9 Å². The van der Waals surface area contributed by atoms with Crippen molar-refractivity contribution in [2.45, 2.75) is 6.92 Å². The number of anilines is 1. The fourth-order valence-corrected chi connectivity index (χ4v) is 0.932. The van der Waals surface area contributed by atoms with Gasteiger partial charge < -0.3 is 0 Å². The summed E-state index contributed by atoms with van der Waals surface area (Å²) in [4.78, 5) is 6.14. The van der Waals surface area contributed by atoms with Crippen molar-refractivity contribution < 1.29 is 4.70 Å². The first-order valence-corrected chi connectivity index (χ1v) is 3.75. The third-order valence-electron chi connectivity index (χ3n) is 1.70. The Morgan fingerprint density at radius 1 is 1.42 bits per heavy atom. The van der Waals surface area contributed by atoms with Gasteiger partial charge in [0, 0.05) is 0 Å². The number of aryl methyl sites for hydroxylation is 1. The predicted octanol–water partition coefficient (Wildman–Crippen LogP) is 0.131. The van der Waals surface area contributed by atoms with Crippen LogP contribution in [0.5, 0.6) is 0 Å². The van der Waals surface area contributed by atoms with Crippen LogP contribution in [0, 0.1) is 6.92 Å². The molecule has 0 fully saturated rings. The summed E-state index contributed by atoms with van der Waals surface area (Å²) in [6.07, 6.45) is 0. The molecule has 0 amide bonds. The normalized spacial score (nSPS) is 9.25. The molecule has 1 heterocycles. The SMILES string of the molecule is Cc1nc(N(C)C)ccc1B=O. The minimum absolute atomic E-state index is 0.653. The molecule has 4 heteroatoms. The van der Waals surface area contributed by atoms with Gasteiger partial charge in [-0.15, -0.1) is 0 Å². The first kappa shape index (κ1) is 8.91. The molecule has 0 aliphatic rings. The Morgan fingerprint density at radius 2 is 2.08 bits per heavy atom. The molecule has 0 spiro atoms. The van der Waals surface area contributed by atoms with E-state index in [0.29, 0.717) is 5.46 Å². The molecular formula is C8H11BN2O. The first-order valence-electron chi connectivity index (χ1n) is 3.75. The van der Waals surface area contributed by atoms with E-state index in [1.54, 1.807) is 6.07 Å². The van der Waals surface area contributed by atoms with Crippen LogP contribution in [0.1, 0.15) is 5.69 Å². The maximum absolute atomic E-state index is 10.5. The third-order valence-corrected chi connectivity index (χ3v) is 1.70. The van der Waals surface area contributed by atoms with Crippen LogP contribution in [-0.4, -0.2) is 26.2 Å². The van der Waals surface area contributed by atoms with Crippen LogP contribution in [0.2, 0.25) is 0 Å². The minimum atomic E-state index is 0.653. The number of hydrogen-bond donors (Lipinski definition) is 0. The summed E-state index contributed by atoms with van der Waals surface area (Å²) in [6, 6.07) is 3.61. The van der Waals surface area contributed by atoms with Gasteiger partial charge in [-0.3, -0.25) is 0 Å². The van der Waals surface area contributed by atoms with Gasteiger partial charge in [0.25, 0.3) is 0 Å². The number of pyridine rings is 1. The maximum atomic E-state index is 10.5. The monoisotopic (exact) mass is 162 g/mol. The van der Waals surface area contributed by atoms with Gasteiger partial charge in [-0.25, -0.2) is 0 Å². The van der Waals surface area contributed by atoms with E-state index in [0.717, 1.165) is 18.7 Å². The van der Waals surface area contributed by atoms with E-state index < -0.39 is 0 Å². The predicted molar refractivity (Wildman–Crippen MR) is 49.4 cm³/mol. The molecule has 3 nitrogen and oxygen atoms in total. The Balaban J connectivity index is 3.10. The van der Waals surface area contributed by atoms with Crippen molar-refractivity contribution in [2.24, 2.45) is 0 Å². The van der Waals surface area contributed by atoms with Gasteiger partial charge in [0.2, 0.25) is 0 Å². The molecule has 0 saturated carbocycles. The summed E-state index contributed by atoms with van der Waals surface area (Å²) in [5.41, 5.74) is 1.43. The number of hydrogen-bond acceptors (Lipinski definition) is 3. The molecule has 12 heavy (non-hydrogen) atoms. The number of nitrogens with zero attached hydrogens (tertiary/aromatic N) is 2. The summed E-state index contributed by atoms with van der Waals surface area (Å²) in [5, 5.41) is 0. The van der Waals surface area contributed by atoms with Gasteiger partial charge in [-0.2, -0.15) is 0 Å². The first-order chi connectivity index (χ1) is 5.65. The molecule has 0 atom stereocenters.